The summed E-state index contributed by atoms with van der Waals surface area (Å²) in [6.45, 7) is 6.82. The molecule has 0 fully saturated rings. The maximum Gasteiger partial charge on any atom is 0.120 e. The predicted molar refractivity (Wildman–Crippen MR) is 58.6 cm³/mol. The van der Waals surface area contributed by atoms with Crippen molar-refractivity contribution in [1.82, 2.24) is 0 Å². The van der Waals surface area contributed by atoms with Gasteiger partial charge in [-0.1, -0.05) is 38.4 Å². The molecule has 74 valence electrons. The first-order valence-electron chi connectivity index (χ1n) is 4.71. The zero-order valence-corrected chi connectivity index (χ0v) is 9.27. The van der Waals surface area contributed by atoms with Crippen LogP contribution >= 0.6 is 11.6 Å². The standard InChI is InChI=1S/C9H11ClO.C2H6/c1-2-6-11-9-5-3-4-8(10)7-9;1-2/h3-5,7H,2,6H2,1H3;1-2H3. The van der Waals surface area contributed by atoms with E-state index >= 15 is 0 Å². The zero-order chi connectivity index (χ0) is 10.1. The summed E-state index contributed by atoms with van der Waals surface area (Å²) in [5.41, 5.74) is 0. The molecule has 1 rings (SSSR count). The molecule has 1 nitrogen and oxygen atoms in total. The minimum absolute atomic E-state index is 0.721. The second kappa shape index (κ2) is 7.93. The van der Waals surface area contributed by atoms with Crippen LogP contribution in [-0.4, -0.2) is 6.61 Å². The lowest BCUT2D eigenvalue weighted by molar-refractivity contribution is 0.317. The second-order valence-corrected chi connectivity index (χ2v) is 2.74. The summed E-state index contributed by atoms with van der Waals surface area (Å²) in [7, 11) is 0. The van der Waals surface area contributed by atoms with E-state index < -0.39 is 0 Å². The highest BCUT2D eigenvalue weighted by molar-refractivity contribution is 6.30. The Kier molecular flexibility index (Phi) is 7.51. The Bertz CT molecular complexity index is 223. The van der Waals surface area contributed by atoms with E-state index in [0.717, 1.165) is 23.8 Å². The maximum atomic E-state index is 5.74. The number of benzene rings is 1. The van der Waals surface area contributed by atoms with Gasteiger partial charge in [0.2, 0.25) is 0 Å². The van der Waals surface area contributed by atoms with Gasteiger partial charge in [-0.05, 0) is 24.6 Å². The van der Waals surface area contributed by atoms with E-state index in [1.165, 1.54) is 0 Å². The lowest BCUT2D eigenvalue weighted by atomic mass is 10.3. The summed E-state index contributed by atoms with van der Waals surface area (Å²) in [6.07, 6.45) is 1.02. The van der Waals surface area contributed by atoms with Crippen molar-refractivity contribution in [1.29, 1.82) is 0 Å². The van der Waals surface area contributed by atoms with E-state index in [4.69, 9.17) is 16.3 Å². The normalized spacial score (nSPS) is 8.62. The van der Waals surface area contributed by atoms with Crippen molar-refractivity contribution in [3.05, 3.63) is 29.3 Å². The van der Waals surface area contributed by atoms with Gasteiger partial charge < -0.3 is 4.74 Å². The summed E-state index contributed by atoms with van der Waals surface area (Å²) in [4.78, 5) is 0. The largest absolute Gasteiger partial charge is 0.494 e. The Balaban J connectivity index is 0.000000671. The van der Waals surface area contributed by atoms with E-state index in [1.807, 2.05) is 38.1 Å². The molecule has 0 aliphatic rings. The third-order valence-electron chi connectivity index (χ3n) is 1.27. The SMILES string of the molecule is CC.CCCOc1cccc(Cl)c1. The molecule has 0 saturated carbocycles. The molecule has 0 N–H and O–H groups in total. The van der Waals surface area contributed by atoms with Gasteiger partial charge in [-0.2, -0.15) is 0 Å². The van der Waals surface area contributed by atoms with Gasteiger partial charge in [0.05, 0.1) is 6.61 Å². The highest BCUT2D eigenvalue weighted by Gasteiger charge is 1.91. The quantitative estimate of drug-likeness (QED) is 0.712. The zero-order valence-electron chi connectivity index (χ0n) is 8.51. The molecule has 0 unspecified atom stereocenters. The topological polar surface area (TPSA) is 9.23 Å². The third-order valence-corrected chi connectivity index (χ3v) is 1.50. The predicted octanol–water partition coefficient (Wildman–Crippen LogP) is 4.16. The Morgan fingerprint density at radius 2 is 2.00 bits per heavy atom. The fraction of sp³-hybridized carbons (Fsp3) is 0.455. The molecule has 0 saturated heterocycles. The Morgan fingerprint density at radius 3 is 2.54 bits per heavy atom. The van der Waals surface area contributed by atoms with E-state index in [-0.39, 0.29) is 0 Å². The maximum absolute atomic E-state index is 5.74. The van der Waals surface area contributed by atoms with Gasteiger partial charge in [0.15, 0.2) is 0 Å². The van der Waals surface area contributed by atoms with Gasteiger partial charge in [0.1, 0.15) is 5.75 Å². The van der Waals surface area contributed by atoms with E-state index in [9.17, 15) is 0 Å². The van der Waals surface area contributed by atoms with Gasteiger partial charge >= 0.3 is 0 Å². The van der Waals surface area contributed by atoms with E-state index in [2.05, 4.69) is 6.92 Å². The first-order chi connectivity index (χ1) is 6.33. The fourth-order valence-electron chi connectivity index (χ4n) is 0.777. The van der Waals surface area contributed by atoms with Crippen molar-refractivity contribution in [2.75, 3.05) is 6.61 Å². The van der Waals surface area contributed by atoms with Crippen molar-refractivity contribution in [3.63, 3.8) is 0 Å². The van der Waals surface area contributed by atoms with E-state index in [1.54, 1.807) is 0 Å². The molecule has 0 aliphatic heterocycles. The van der Waals surface area contributed by atoms with Crippen molar-refractivity contribution in [2.24, 2.45) is 0 Å². The highest BCUT2D eigenvalue weighted by Crippen LogP contribution is 2.16. The molecule has 0 bridgehead atoms. The van der Waals surface area contributed by atoms with Crippen LogP contribution in [-0.2, 0) is 0 Å². The fourth-order valence-corrected chi connectivity index (χ4v) is 0.957. The number of hydrogen-bond acceptors (Lipinski definition) is 1. The number of hydrogen-bond donors (Lipinski definition) is 0. The van der Waals surface area contributed by atoms with Crippen LogP contribution in [0.15, 0.2) is 24.3 Å². The van der Waals surface area contributed by atoms with Crippen molar-refractivity contribution < 1.29 is 4.74 Å². The van der Waals surface area contributed by atoms with Crippen LogP contribution in [0, 0.1) is 0 Å². The Labute approximate surface area is 85.7 Å². The van der Waals surface area contributed by atoms with Gasteiger partial charge in [-0.3, -0.25) is 0 Å². The van der Waals surface area contributed by atoms with Crippen LogP contribution < -0.4 is 4.74 Å². The van der Waals surface area contributed by atoms with Crippen LogP contribution in [0.2, 0.25) is 5.02 Å². The summed E-state index contributed by atoms with van der Waals surface area (Å²) in [5.74, 6) is 0.847. The van der Waals surface area contributed by atoms with Crippen molar-refractivity contribution in [3.8, 4) is 5.75 Å². The van der Waals surface area contributed by atoms with Gasteiger partial charge in [0.25, 0.3) is 0 Å². The molecular weight excluding hydrogens is 184 g/mol. The average Bonchev–Trinajstić information content (AvgIpc) is 2.18. The molecule has 0 spiro atoms. The summed E-state index contributed by atoms with van der Waals surface area (Å²) in [6, 6.07) is 7.44. The van der Waals surface area contributed by atoms with Gasteiger partial charge in [-0.15, -0.1) is 0 Å². The lowest BCUT2D eigenvalue weighted by Crippen LogP contribution is -1.93. The van der Waals surface area contributed by atoms with Crippen LogP contribution in [0.1, 0.15) is 27.2 Å². The smallest absolute Gasteiger partial charge is 0.120 e. The number of rotatable bonds is 3. The molecular formula is C11H17ClO. The molecule has 0 aromatic heterocycles. The van der Waals surface area contributed by atoms with Crippen LogP contribution in [0.4, 0.5) is 0 Å². The molecule has 0 atom stereocenters. The first-order valence-corrected chi connectivity index (χ1v) is 5.09. The molecule has 0 heterocycles. The molecule has 1 aromatic rings. The van der Waals surface area contributed by atoms with Crippen LogP contribution in [0.3, 0.4) is 0 Å². The average molecular weight is 201 g/mol. The summed E-state index contributed by atoms with van der Waals surface area (Å²) >= 11 is 5.74. The third kappa shape index (κ3) is 5.53. The summed E-state index contributed by atoms with van der Waals surface area (Å²) < 4.78 is 5.35. The lowest BCUT2D eigenvalue weighted by Gasteiger charge is -2.03. The van der Waals surface area contributed by atoms with Gasteiger partial charge in [-0.25, -0.2) is 0 Å². The van der Waals surface area contributed by atoms with E-state index in [0.29, 0.717) is 0 Å². The molecule has 0 aliphatic carbocycles. The van der Waals surface area contributed by atoms with Crippen molar-refractivity contribution >= 4 is 11.6 Å². The van der Waals surface area contributed by atoms with Gasteiger partial charge in [0, 0.05) is 5.02 Å². The molecule has 13 heavy (non-hydrogen) atoms. The molecule has 2 heteroatoms. The highest BCUT2D eigenvalue weighted by atomic mass is 35.5. The molecule has 0 radical (unpaired) electrons. The van der Waals surface area contributed by atoms with Crippen LogP contribution in [0.25, 0.3) is 0 Å². The number of halogens is 1. The van der Waals surface area contributed by atoms with Crippen LogP contribution in [0.5, 0.6) is 5.75 Å². The first kappa shape index (κ1) is 12.3. The molecule has 1 aromatic carbocycles. The molecule has 0 amide bonds. The Morgan fingerprint density at radius 1 is 1.31 bits per heavy atom. The minimum Gasteiger partial charge on any atom is -0.494 e. The number of ether oxygens (including phenoxy) is 1. The Hall–Kier alpha value is -0.690. The second-order valence-electron chi connectivity index (χ2n) is 2.31. The van der Waals surface area contributed by atoms with Crippen molar-refractivity contribution in [2.45, 2.75) is 27.2 Å². The summed E-state index contributed by atoms with van der Waals surface area (Å²) in [5, 5.41) is 0.721. The minimum atomic E-state index is 0.721. The monoisotopic (exact) mass is 200 g/mol.